The Bertz CT molecular complexity index is 990. The number of carbonyl (C=O) groups is 6. The normalized spacial score (nSPS) is 17.6. The highest BCUT2D eigenvalue weighted by molar-refractivity contribution is 6.13. The summed E-state index contributed by atoms with van der Waals surface area (Å²) in [6, 6.07) is -0.806. The van der Waals surface area contributed by atoms with E-state index >= 15 is 0 Å². The van der Waals surface area contributed by atoms with Crippen molar-refractivity contribution in [1.29, 1.82) is 0 Å². The molecule has 0 saturated heterocycles. The van der Waals surface area contributed by atoms with Gasteiger partial charge in [-0.25, -0.2) is 0 Å². The van der Waals surface area contributed by atoms with Crippen LogP contribution >= 0.6 is 0 Å². The molecule has 0 aromatic carbocycles. The third kappa shape index (κ3) is 12.2. The van der Waals surface area contributed by atoms with Gasteiger partial charge in [-0.05, 0) is 27.7 Å². The number of ether oxygens (including phenoxy) is 6. The van der Waals surface area contributed by atoms with Gasteiger partial charge in [-0.1, -0.05) is 0 Å². The summed E-state index contributed by atoms with van der Waals surface area (Å²) in [5.74, 6) is -2.59. The smallest absolute Gasteiger partial charge is 0.306 e. The second kappa shape index (κ2) is 18.2. The quantitative estimate of drug-likeness (QED) is 0.101. The molecule has 4 atom stereocenters. The largest absolute Gasteiger partial charge is 0.463 e. The summed E-state index contributed by atoms with van der Waals surface area (Å²) >= 11 is 0. The standard InChI is InChI=1S/C28H40N2O12/c1-19(29-23(31)5-6-24(29)32)15-38-12-11-37-13-14-40-27(35)9-10-28(36)42-22(4)18-41-21(3)17-39-16-20(2)30-25(33)7-8-26(30)34/h5-8,19-22H,9-18H2,1-4H3. The van der Waals surface area contributed by atoms with E-state index in [2.05, 4.69) is 0 Å². The van der Waals surface area contributed by atoms with Gasteiger partial charge in [-0.3, -0.25) is 38.6 Å². The topological polar surface area (TPSA) is 164 Å². The highest BCUT2D eigenvalue weighted by Gasteiger charge is 2.29. The molecule has 2 rings (SSSR count). The van der Waals surface area contributed by atoms with Crippen LogP contribution in [0.1, 0.15) is 40.5 Å². The molecule has 4 amide bonds. The Hall–Kier alpha value is -3.46. The summed E-state index contributed by atoms with van der Waals surface area (Å²) in [4.78, 5) is 72.7. The Labute approximate surface area is 244 Å². The van der Waals surface area contributed by atoms with E-state index in [0.717, 1.165) is 9.80 Å². The molecule has 0 aliphatic carbocycles. The molecule has 0 saturated carbocycles. The van der Waals surface area contributed by atoms with Crippen LogP contribution in [0.3, 0.4) is 0 Å². The number of rotatable bonds is 21. The maximum absolute atomic E-state index is 12.0. The van der Waals surface area contributed by atoms with Gasteiger partial charge in [0.2, 0.25) is 0 Å². The highest BCUT2D eigenvalue weighted by Crippen LogP contribution is 2.11. The van der Waals surface area contributed by atoms with Crippen molar-refractivity contribution in [3.05, 3.63) is 24.3 Å². The summed E-state index contributed by atoms with van der Waals surface area (Å²) in [6.07, 6.45) is 3.73. The van der Waals surface area contributed by atoms with Crippen molar-refractivity contribution in [3.8, 4) is 0 Å². The van der Waals surface area contributed by atoms with Crippen molar-refractivity contribution in [3.63, 3.8) is 0 Å². The van der Waals surface area contributed by atoms with Crippen molar-refractivity contribution in [1.82, 2.24) is 9.80 Å². The first-order valence-electron chi connectivity index (χ1n) is 13.8. The molecule has 0 fully saturated rings. The molecule has 0 N–H and O–H groups in total. The third-order valence-electron chi connectivity index (χ3n) is 5.98. The van der Waals surface area contributed by atoms with Crippen LogP contribution in [0.2, 0.25) is 0 Å². The average Bonchev–Trinajstić information content (AvgIpc) is 3.46. The van der Waals surface area contributed by atoms with Crippen LogP contribution in [0, 0.1) is 0 Å². The van der Waals surface area contributed by atoms with Gasteiger partial charge < -0.3 is 28.4 Å². The summed E-state index contributed by atoms with van der Waals surface area (Å²) < 4.78 is 32.2. The minimum absolute atomic E-state index is 0.0112. The van der Waals surface area contributed by atoms with Crippen LogP contribution in [-0.4, -0.2) is 123 Å². The summed E-state index contributed by atoms with van der Waals surface area (Å²) in [5, 5.41) is 0. The first-order valence-corrected chi connectivity index (χ1v) is 13.8. The molecule has 2 heterocycles. The molecule has 2 aliphatic heterocycles. The van der Waals surface area contributed by atoms with Gasteiger partial charge in [0.05, 0.1) is 77.3 Å². The SMILES string of the molecule is CC(COCC(C)N1C(=O)C=CC1=O)OCC(C)OC(=O)CCC(=O)OCCOCCOCC(C)N1C(=O)C=CC1=O. The molecule has 0 aromatic heterocycles. The van der Waals surface area contributed by atoms with E-state index in [1.54, 1.807) is 27.7 Å². The molecule has 0 radical (unpaired) electrons. The highest BCUT2D eigenvalue weighted by atomic mass is 16.6. The number of hydrogen-bond acceptors (Lipinski definition) is 12. The lowest BCUT2D eigenvalue weighted by molar-refractivity contribution is -0.156. The Kier molecular flexibility index (Phi) is 15.0. The second-order valence-corrected chi connectivity index (χ2v) is 9.85. The van der Waals surface area contributed by atoms with Crippen LogP contribution in [0.25, 0.3) is 0 Å². The minimum atomic E-state index is -0.565. The van der Waals surface area contributed by atoms with Crippen LogP contribution in [-0.2, 0) is 57.2 Å². The van der Waals surface area contributed by atoms with Crippen molar-refractivity contribution >= 4 is 35.6 Å². The summed E-state index contributed by atoms with van der Waals surface area (Å²) in [5.41, 5.74) is 0. The van der Waals surface area contributed by atoms with E-state index in [9.17, 15) is 28.8 Å². The maximum atomic E-state index is 12.0. The second-order valence-electron chi connectivity index (χ2n) is 9.85. The molecule has 2 aliphatic rings. The first-order chi connectivity index (χ1) is 20.0. The van der Waals surface area contributed by atoms with E-state index in [-0.39, 0.29) is 95.4 Å². The molecule has 0 aromatic rings. The number of hydrogen-bond donors (Lipinski definition) is 0. The van der Waals surface area contributed by atoms with E-state index in [4.69, 9.17) is 28.4 Å². The van der Waals surface area contributed by atoms with Crippen LogP contribution in [0.15, 0.2) is 24.3 Å². The van der Waals surface area contributed by atoms with E-state index in [0.29, 0.717) is 0 Å². The number of esters is 2. The fourth-order valence-corrected chi connectivity index (χ4v) is 3.88. The Morgan fingerprint density at radius 1 is 0.595 bits per heavy atom. The number of nitrogens with zero attached hydrogens (tertiary/aromatic N) is 2. The van der Waals surface area contributed by atoms with Crippen LogP contribution in [0.4, 0.5) is 0 Å². The first kappa shape index (κ1) is 34.7. The monoisotopic (exact) mass is 596 g/mol. The van der Waals surface area contributed by atoms with E-state index in [1.165, 1.54) is 24.3 Å². The van der Waals surface area contributed by atoms with Gasteiger partial charge in [0.15, 0.2) is 0 Å². The van der Waals surface area contributed by atoms with Gasteiger partial charge in [-0.2, -0.15) is 0 Å². The van der Waals surface area contributed by atoms with Crippen molar-refractivity contribution in [2.75, 3.05) is 52.9 Å². The zero-order valence-corrected chi connectivity index (χ0v) is 24.5. The van der Waals surface area contributed by atoms with Crippen LogP contribution < -0.4 is 0 Å². The molecular weight excluding hydrogens is 556 g/mol. The molecule has 14 nitrogen and oxygen atoms in total. The number of amides is 4. The van der Waals surface area contributed by atoms with Crippen molar-refractivity contribution in [2.24, 2.45) is 0 Å². The Morgan fingerprint density at radius 2 is 1.07 bits per heavy atom. The Morgan fingerprint density at radius 3 is 1.64 bits per heavy atom. The molecule has 4 unspecified atom stereocenters. The predicted molar refractivity (Wildman–Crippen MR) is 145 cm³/mol. The minimum Gasteiger partial charge on any atom is -0.463 e. The lowest BCUT2D eigenvalue weighted by Gasteiger charge is -2.23. The Balaban J connectivity index is 1.43. The summed E-state index contributed by atoms with van der Waals surface area (Å²) in [7, 11) is 0. The lowest BCUT2D eigenvalue weighted by atomic mass is 10.3. The molecular formula is C28H40N2O12. The molecule has 0 spiro atoms. The zero-order chi connectivity index (χ0) is 31.1. The zero-order valence-electron chi connectivity index (χ0n) is 24.5. The van der Waals surface area contributed by atoms with E-state index in [1.807, 2.05) is 0 Å². The molecule has 0 bridgehead atoms. The van der Waals surface area contributed by atoms with Gasteiger partial charge in [0.1, 0.15) is 12.7 Å². The molecule has 42 heavy (non-hydrogen) atoms. The lowest BCUT2D eigenvalue weighted by Crippen LogP contribution is -2.41. The maximum Gasteiger partial charge on any atom is 0.306 e. The van der Waals surface area contributed by atoms with Crippen molar-refractivity contribution in [2.45, 2.75) is 64.8 Å². The van der Waals surface area contributed by atoms with Gasteiger partial charge in [0.25, 0.3) is 23.6 Å². The predicted octanol–water partition coefficient (Wildman–Crippen LogP) is 0.323. The van der Waals surface area contributed by atoms with E-state index < -0.39 is 30.1 Å². The fraction of sp³-hybridized carbons (Fsp3) is 0.643. The van der Waals surface area contributed by atoms with Gasteiger partial charge in [0, 0.05) is 24.3 Å². The summed E-state index contributed by atoms with van der Waals surface area (Å²) in [6.45, 7) is 8.17. The van der Waals surface area contributed by atoms with Gasteiger partial charge in [-0.15, -0.1) is 0 Å². The third-order valence-corrected chi connectivity index (χ3v) is 5.98. The fourth-order valence-electron chi connectivity index (χ4n) is 3.88. The number of imide groups is 2. The van der Waals surface area contributed by atoms with Crippen LogP contribution in [0.5, 0.6) is 0 Å². The van der Waals surface area contributed by atoms with Crippen molar-refractivity contribution < 1.29 is 57.2 Å². The molecule has 234 valence electrons. The number of carbonyl (C=O) groups excluding carboxylic acids is 6. The molecule has 14 heteroatoms. The van der Waals surface area contributed by atoms with Gasteiger partial charge >= 0.3 is 11.9 Å². The average molecular weight is 597 g/mol.